The largest absolute Gasteiger partial charge is 0.477 e. The number of carboxylic acid groups (broad SMARTS) is 1. The summed E-state index contributed by atoms with van der Waals surface area (Å²) in [6.45, 7) is 0.757. The molecule has 28 heavy (non-hydrogen) atoms. The summed E-state index contributed by atoms with van der Waals surface area (Å²) in [4.78, 5) is 30.5. The predicted octanol–water partition coefficient (Wildman–Crippen LogP) is 2.71. The third-order valence-corrected chi connectivity index (χ3v) is 5.72. The molecule has 2 aromatic carbocycles. The van der Waals surface area contributed by atoms with Crippen molar-refractivity contribution in [3.05, 3.63) is 59.7 Å². The molecule has 0 unspecified atom stereocenters. The molecule has 2 aliphatic heterocycles. The molecule has 0 radical (unpaired) electrons. The van der Waals surface area contributed by atoms with Crippen LogP contribution in [0.1, 0.15) is 17.0 Å². The van der Waals surface area contributed by atoms with Crippen LogP contribution >= 0.6 is 0 Å². The second kappa shape index (κ2) is 6.37. The molecule has 1 saturated heterocycles. The molecule has 0 bridgehead atoms. The highest BCUT2D eigenvalue weighted by atomic mass is 16.6. The maximum Gasteiger partial charge on any atom is 0.409 e. The first-order valence-electron chi connectivity index (χ1n) is 9.20. The Labute approximate surface area is 161 Å². The van der Waals surface area contributed by atoms with E-state index in [4.69, 9.17) is 9.57 Å². The molecule has 2 heterocycles. The highest BCUT2D eigenvalue weighted by molar-refractivity contribution is 6.37. The lowest BCUT2D eigenvalue weighted by molar-refractivity contribution is -0.129. The van der Waals surface area contributed by atoms with E-state index in [2.05, 4.69) is 29.4 Å². The Morgan fingerprint density at radius 3 is 2.36 bits per heavy atom. The molecule has 1 fully saturated rings. The van der Waals surface area contributed by atoms with Crippen molar-refractivity contribution >= 4 is 17.8 Å². The van der Waals surface area contributed by atoms with Crippen LogP contribution in [-0.4, -0.2) is 53.6 Å². The molecule has 142 valence electrons. The lowest BCUT2D eigenvalue weighted by atomic mass is 9.98. The first kappa shape index (κ1) is 16.8. The minimum absolute atomic E-state index is 0.00848. The maximum absolute atomic E-state index is 12.6. The molecule has 0 saturated carbocycles. The maximum atomic E-state index is 12.6. The third kappa shape index (κ3) is 2.54. The Hall–Kier alpha value is -3.35. The Kier molecular flexibility index (Phi) is 3.82. The Bertz CT molecular complexity index is 956. The fourth-order valence-corrected chi connectivity index (χ4v) is 4.37. The number of amides is 1. The number of benzene rings is 2. The zero-order chi connectivity index (χ0) is 19.3. The summed E-state index contributed by atoms with van der Waals surface area (Å²) in [5.74, 6) is -1.52. The van der Waals surface area contributed by atoms with Crippen molar-refractivity contribution < 1.29 is 24.3 Å². The van der Waals surface area contributed by atoms with Gasteiger partial charge in [-0.25, -0.2) is 9.59 Å². The van der Waals surface area contributed by atoms with Gasteiger partial charge in [0.25, 0.3) is 0 Å². The summed E-state index contributed by atoms with van der Waals surface area (Å²) in [5.41, 5.74) is 4.62. The fraction of sp³-hybridized carbons (Fsp3) is 0.286. The summed E-state index contributed by atoms with van der Waals surface area (Å²) < 4.78 is 5.63. The zero-order valence-corrected chi connectivity index (χ0v) is 14.9. The van der Waals surface area contributed by atoms with E-state index in [0.29, 0.717) is 0 Å². The number of likely N-dealkylation sites (tertiary alicyclic amines) is 1. The summed E-state index contributed by atoms with van der Waals surface area (Å²) in [6.07, 6.45) is -0.865. The molecule has 3 aliphatic rings. The van der Waals surface area contributed by atoms with Gasteiger partial charge in [-0.05, 0) is 22.3 Å². The highest BCUT2D eigenvalue weighted by Crippen LogP contribution is 2.44. The van der Waals surface area contributed by atoms with Crippen molar-refractivity contribution in [1.29, 1.82) is 0 Å². The molecular weight excluding hydrogens is 360 g/mol. The minimum atomic E-state index is -1.11. The van der Waals surface area contributed by atoms with Crippen LogP contribution in [0.5, 0.6) is 0 Å². The normalized spacial score (nSPS) is 22.1. The molecule has 7 nitrogen and oxygen atoms in total. The van der Waals surface area contributed by atoms with Crippen LogP contribution in [-0.2, 0) is 14.4 Å². The van der Waals surface area contributed by atoms with Crippen molar-refractivity contribution in [3.8, 4) is 11.1 Å². The third-order valence-electron chi connectivity index (χ3n) is 5.72. The topological polar surface area (TPSA) is 88.4 Å². The van der Waals surface area contributed by atoms with E-state index in [-0.39, 0.29) is 31.3 Å². The van der Waals surface area contributed by atoms with Gasteiger partial charge in [0.05, 0.1) is 12.5 Å². The molecular formula is C21H18N2O5. The van der Waals surface area contributed by atoms with Crippen LogP contribution in [0.4, 0.5) is 4.79 Å². The SMILES string of the molecule is O=C(O)C1=NO[C@@H]2CN(C(=O)OCC3c4ccccc4-c4ccccc43)C[C@H]12. The quantitative estimate of drug-likeness (QED) is 0.887. The average Bonchev–Trinajstić information content (AvgIpc) is 3.37. The van der Waals surface area contributed by atoms with E-state index in [9.17, 15) is 14.7 Å². The average molecular weight is 378 g/mol. The number of rotatable bonds is 3. The Balaban J connectivity index is 1.29. The number of carboxylic acids is 1. The lowest BCUT2D eigenvalue weighted by Gasteiger charge is -2.19. The van der Waals surface area contributed by atoms with Crippen LogP contribution in [0.2, 0.25) is 0 Å². The second-order valence-electron chi connectivity index (χ2n) is 7.24. The number of aliphatic carboxylic acids is 1. The van der Waals surface area contributed by atoms with Crippen molar-refractivity contribution in [3.63, 3.8) is 0 Å². The van der Waals surface area contributed by atoms with Crippen molar-refractivity contribution in [1.82, 2.24) is 4.90 Å². The van der Waals surface area contributed by atoms with Gasteiger partial charge in [0.15, 0.2) is 11.8 Å². The number of nitrogens with zero attached hydrogens (tertiary/aromatic N) is 2. The number of oxime groups is 1. The van der Waals surface area contributed by atoms with Gasteiger partial charge in [0.1, 0.15) is 6.61 Å². The van der Waals surface area contributed by atoms with Gasteiger partial charge < -0.3 is 19.6 Å². The summed E-state index contributed by atoms with van der Waals surface area (Å²) in [6, 6.07) is 16.3. The molecule has 1 amide bonds. The molecule has 5 rings (SSSR count). The molecule has 1 N–H and O–H groups in total. The van der Waals surface area contributed by atoms with Gasteiger partial charge in [-0.3, -0.25) is 0 Å². The first-order valence-corrected chi connectivity index (χ1v) is 9.20. The minimum Gasteiger partial charge on any atom is -0.477 e. The van der Waals surface area contributed by atoms with Crippen LogP contribution in [0.3, 0.4) is 0 Å². The number of carbonyl (C=O) groups excluding carboxylic acids is 1. The van der Waals surface area contributed by atoms with Crippen LogP contribution in [0.25, 0.3) is 11.1 Å². The number of fused-ring (bicyclic) bond motifs is 4. The smallest absolute Gasteiger partial charge is 0.409 e. The molecule has 0 aromatic heterocycles. The Morgan fingerprint density at radius 1 is 1.07 bits per heavy atom. The van der Waals surface area contributed by atoms with Gasteiger partial charge in [-0.15, -0.1) is 0 Å². The number of ether oxygens (including phenoxy) is 1. The van der Waals surface area contributed by atoms with E-state index in [1.807, 2.05) is 24.3 Å². The Morgan fingerprint density at radius 2 is 1.71 bits per heavy atom. The molecule has 0 spiro atoms. The van der Waals surface area contributed by atoms with Crippen molar-refractivity contribution in [2.24, 2.45) is 11.1 Å². The molecule has 2 aromatic rings. The predicted molar refractivity (Wildman–Crippen MR) is 100 cm³/mol. The van der Waals surface area contributed by atoms with Gasteiger partial charge in [0, 0.05) is 12.5 Å². The summed E-state index contributed by atoms with van der Waals surface area (Å²) in [5, 5.41) is 12.8. The summed E-state index contributed by atoms with van der Waals surface area (Å²) in [7, 11) is 0. The van der Waals surface area contributed by atoms with Crippen molar-refractivity contribution in [2.75, 3.05) is 19.7 Å². The number of hydrogen-bond acceptors (Lipinski definition) is 5. The monoisotopic (exact) mass is 378 g/mol. The van der Waals surface area contributed by atoms with E-state index in [1.54, 1.807) is 0 Å². The van der Waals surface area contributed by atoms with Crippen molar-refractivity contribution in [2.45, 2.75) is 12.0 Å². The van der Waals surface area contributed by atoms with Crippen LogP contribution < -0.4 is 0 Å². The molecule has 2 atom stereocenters. The highest BCUT2D eigenvalue weighted by Gasteiger charge is 2.47. The first-order chi connectivity index (χ1) is 13.6. The summed E-state index contributed by atoms with van der Waals surface area (Å²) >= 11 is 0. The number of carbonyl (C=O) groups is 2. The van der Waals surface area contributed by atoms with Crippen LogP contribution in [0, 0.1) is 5.92 Å². The van der Waals surface area contributed by atoms with Gasteiger partial charge >= 0.3 is 12.1 Å². The zero-order valence-electron chi connectivity index (χ0n) is 14.9. The second-order valence-corrected chi connectivity index (χ2v) is 7.24. The van der Waals surface area contributed by atoms with Crippen LogP contribution in [0.15, 0.2) is 53.7 Å². The van der Waals surface area contributed by atoms with Gasteiger partial charge in [0.2, 0.25) is 0 Å². The molecule has 7 heteroatoms. The fourth-order valence-electron chi connectivity index (χ4n) is 4.37. The van der Waals surface area contributed by atoms with E-state index < -0.39 is 24.1 Å². The van der Waals surface area contributed by atoms with E-state index >= 15 is 0 Å². The van der Waals surface area contributed by atoms with E-state index in [0.717, 1.165) is 11.1 Å². The van der Waals surface area contributed by atoms with E-state index in [1.165, 1.54) is 16.0 Å². The van der Waals surface area contributed by atoms with Gasteiger partial charge in [-0.2, -0.15) is 0 Å². The van der Waals surface area contributed by atoms with Gasteiger partial charge in [-0.1, -0.05) is 53.7 Å². The molecule has 1 aliphatic carbocycles. The lowest BCUT2D eigenvalue weighted by Crippen LogP contribution is -2.32. The number of hydrogen-bond donors (Lipinski definition) is 1. The standard InChI is InChI=1S/C21H18N2O5/c24-20(25)19-16-9-23(10-18(16)28-22-19)21(26)27-11-17-14-7-3-1-5-12(14)13-6-2-4-8-15(13)17/h1-8,16-18H,9-11H2,(H,24,25)/t16-,18+/m0/s1.